The second-order valence-corrected chi connectivity index (χ2v) is 21.3. The lowest BCUT2D eigenvalue weighted by Crippen LogP contribution is -2.35. The van der Waals surface area contributed by atoms with Crippen molar-refractivity contribution >= 4 is 114 Å². The van der Waals surface area contributed by atoms with E-state index in [2.05, 4.69) is 21.0 Å². The number of carbonyl (C=O) groups is 3. The van der Waals surface area contributed by atoms with Crippen LogP contribution in [0.15, 0.2) is 101 Å². The van der Waals surface area contributed by atoms with E-state index in [4.69, 9.17) is 19.1 Å². The molecule has 0 spiro atoms. The predicted molar refractivity (Wildman–Crippen MR) is 292 cm³/mol. The Morgan fingerprint density at radius 1 is 0.639 bits per heavy atom. The number of nitrogens with one attached hydrogen (secondary N) is 3. The van der Waals surface area contributed by atoms with E-state index in [0.29, 0.717) is 40.8 Å². The first-order chi connectivity index (χ1) is 33.2. The topological polar surface area (TPSA) is 193 Å². The summed E-state index contributed by atoms with van der Waals surface area (Å²) < 4.78 is 16.4. The van der Waals surface area contributed by atoms with Gasteiger partial charge in [0, 0.05) is 40.0 Å². The van der Waals surface area contributed by atoms with Gasteiger partial charge in [-0.3, -0.25) is 4.79 Å². The number of ether oxygens (including phenoxy) is 2. The van der Waals surface area contributed by atoms with Crippen molar-refractivity contribution in [3.63, 3.8) is 0 Å². The second-order valence-electron chi connectivity index (χ2n) is 18.3. The SMILES string of the molecule is C.C.Cc1ccc2c(c1)c(-n1c(=O)[nH]c3cscc3c1=O)c(C(=O)OC(C)(C)C)n2Cc1ccsc1.Cc1ccc2c(c1)c(NC(=O)Nc1cscc1C)c(C(=O)OC(C)(C)C)n2Cc1ccsc1.O=C=O. The second kappa shape index (κ2) is 22.9. The van der Waals surface area contributed by atoms with Gasteiger partial charge in [0.05, 0.1) is 39.0 Å². The smallest absolute Gasteiger partial charge is 0.373 e. The number of anilines is 2. The van der Waals surface area contributed by atoms with Crippen LogP contribution in [-0.2, 0) is 32.2 Å². The number of aryl methyl sites for hydroxylation is 3. The van der Waals surface area contributed by atoms with E-state index in [9.17, 15) is 24.0 Å². The molecule has 15 nitrogen and oxygen atoms in total. The van der Waals surface area contributed by atoms with Crippen LogP contribution < -0.4 is 21.9 Å². The minimum Gasteiger partial charge on any atom is -0.455 e. The van der Waals surface area contributed by atoms with Crippen molar-refractivity contribution in [2.45, 2.75) is 101 Å². The summed E-state index contributed by atoms with van der Waals surface area (Å²) >= 11 is 6.02. The van der Waals surface area contributed by atoms with Gasteiger partial charge in [0.15, 0.2) is 11.4 Å². The number of aromatic nitrogens is 4. The number of H-pyrrole nitrogens is 1. The first kappa shape index (κ1) is 55.8. The molecule has 7 aromatic heterocycles. The van der Waals surface area contributed by atoms with Gasteiger partial charge in [-0.1, -0.05) is 38.1 Å². The van der Waals surface area contributed by atoms with Gasteiger partial charge in [0.2, 0.25) is 0 Å². The molecule has 0 bridgehead atoms. The van der Waals surface area contributed by atoms with Gasteiger partial charge in [-0.15, -0.1) is 22.7 Å². The van der Waals surface area contributed by atoms with Gasteiger partial charge in [0.25, 0.3) is 5.56 Å². The molecule has 0 unspecified atom stereocenters. The Hall–Kier alpha value is -7.15. The molecule has 0 saturated heterocycles. The molecule has 0 saturated carbocycles. The van der Waals surface area contributed by atoms with E-state index in [-0.39, 0.29) is 32.4 Å². The van der Waals surface area contributed by atoms with Crippen molar-refractivity contribution in [1.29, 1.82) is 0 Å². The van der Waals surface area contributed by atoms with Crippen LogP contribution in [0.4, 0.5) is 16.2 Å². The van der Waals surface area contributed by atoms with E-state index in [1.807, 2.05) is 126 Å². The molecule has 2 aromatic carbocycles. The third-order valence-electron chi connectivity index (χ3n) is 10.5. The van der Waals surface area contributed by atoms with Crippen LogP contribution in [0.25, 0.3) is 38.4 Å². The number of nitrogens with zero attached hydrogens (tertiary/aromatic N) is 3. The zero-order chi connectivity index (χ0) is 50.7. The Morgan fingerprint density at radius 3 is 1.67 bits per heavy atom. The Morgan fingerprint density at radius 2 is 1.15 bits per heavy atom. The normalized spacial score (nSPS) is 11.1. The molecule has 0 aliphatic carbocycles. The van der Waals surface area contributed by atoms with Crippen molar-refractivity contribution < 1.29 is 33.4 Å². The molecule has 0 fully saturated rings. The van der Waals surface area contributed by atoms with Crippen molar-refractivity contribution in [3.05, 3.63) is 152 Å². The summed E-state index contributed by atoms with van der Waals surface area (Å²) in [7, 11) is 0. The highest BCUT2D eigenvalue weighted by Crippen LogP contribution is 2.36. The number of thiophene rings is 4. The Kier molecular flexibility index (Phi) is 17.8. The number of rotatable bonds is 9. The summed E-state index contributed by atoms with van der Waals surface area (Å²) in [6, 6.07) is 15.3. The molecule has 0 aliphatic rings. The molecule has 9 aromatic rings. The van der Waals surface area contributed by atoms with E-state index >= 15 is 0 Å². The average Bonchev–Trinajstić information content (AvgIpc) is 4.14. The molecule has 0 atom stereocenters. The summed E-state index contributed by atoms with van der Waals surface area (Å²) in [6.07, 6.45) is 0.250. The summed E-state index contributed by atoms with van der Waals surface area (Å²) in [5.41, 5.74) is 6.54. The van der Waals surface area contributed by atoms with Gasteiger partial charge >= 0.3 is 29.8 Å². The minimum absolute atomic E-state index is 0. The van der Waals surface area contributed by atoms with Crippen molar-refractivity contribution in [2.24, 2.45) is 0 Å². The molecule has 9 rings (SSSR count). The lowest BCUT2D eigenvalue weighted by atomic mass is 10.1. The number of esters is 2. The lowest BCUT2D eigenvalue weighted by Gasteiger charge is -2.21. The fourth-order valence-electron chi connectivity index (χ4n) is 7.70. The van der Waals surface area contributed by atoms with Gasteiger partial charge < -0.3 is 34.2 Å². The molecule has 72 heavy (non-hydrogen) atoms. The number of amides is 2. The van der Waals surface area contributed by atoms with Crippen molar-refractivity contribution in [2.75, 3.05) is 10.6 Å². The fraction of sp³-hybridized carbons (Fsp3) is 0.283. The summed E-state index contributed by atoms with van der Waals surface area (Å²) in [5.74, 6) is -1.07. The molecule has 378 valence electrons. The molecule has 0 radical (unpaired) electrons. The van der Waals surface area contributed by atoms with Crippen molar-refractivity contribution in [3.8, 4) is 5.69 Å². The van der Waals surface area contributed by atoms with E-state index < -0.39 is 40.4 Å². The first-order valence-electron chi connectivity index (χ1n) is 21.7. The third-order valence-corrected chi connectivity index (χ3v) is 13.6. The van der Waals surface area contributed by atoms with Crippen LogP contribution in [0, 0.1) is 20.8 Å². The molecule has 7 heterocycles. The predicted octanol–water partition coefficient (Wildman–Crippen LogP) is 12.8. The number of fused-ring (bicyclic) bond motifs is 3. The van der Waals surface area contributed by atoms with Crippen LogP contribution >= 0.6 is 45.3 Å². The molecule has 2 amide bonds. The molecular weight excluding hydrogens is 993 g/mol. The van der Waals surface area contributed by atoms with Gasteiger partial charge in [-0.05, 0) is 142 Å². The van der Waals surface area contributed by atoms with Crippen LogP contribution in [0.3, 0.4) is 0 Å². The van der Waals surface area contributed by atoms with E-state index in [1.54, 1.807) is 54.2 Å². The summed E-state index contributed by atoms with van der Waals surface area (Å²) in [4.78, 5) is 85.8. The first-order valence-corrected chi connectivity index (χ1v) is 25.5. The Bertz CT molecular complexity index is 3530. The maximum atomic E-state index is 13.6. The standard InChI is InChI=1S/C25H23N3O4S2.C25H27N3O3S2.CO2.2CH4/c1-14-5-6-19-16(9-14)20(28-22(29)17-12-34-13-18(17)26-24(28)31)21(23(30)32-25(2,3)4)27(19)10-15-7-8-33-11-15;1-15-6-7-20-18(10-15)21(27-24(30)26-19-14-33-12-16(19)2)22(23(29)31-25(3,4)5)28(20)11-17-8-9-32-13-17;2-1-3;;/h5-9,11-13H,10H2,1-4H3,(H,26,31);6-10,12-14H,11H2,1-5H3,(H2,26,27,30);;2*1H4. The van der Waals surface area contributed by atoms with E-state index in [1.165, 1.54) is 22.7 Å². The number of hydrogen-bond acceptors (Lipinski definition) is 13. The number of aromatic amines is 1. The van der Waals surface area contributed by atoms with E-state index in [0.717, 1.165) is 54.5 Å². The van der Waals surface area contributed by atoms with Crippen LogP contribution in [-0.4, -0.2) is 54.0 Å². The zero-order valence-electron chi connectivity index (χ0n) is 39.8. The Labute approximate surface area is 432 Å². The molecule has 3 N–H and O–H groups in total. The van der Waals surface area contributed by atoms with Crippen LogP contribution in [0.2, 0.25) is 0 Å². The maximum Gasteiger partial charge on any atom is 0.373 e. The monoisotopic (exact) mass is 1050 g/mol. The van der Waals surface area contributed by atoms with Crippen LogP contribution in [0.5, 0.6) is 0 Å². The Balaban J connectivity index is 0.000000247. The third kappa shape index (κ3) is 12.5. The lowest BCUT2D eigenvalue weighted by molar-refractivity contribution is -0.191. The summed E-state index contributed by atoms with van der Waals surface area (Å²) in [5, 5.41) is 23.0. The van der Waals surface area contributed by atoms with Gasteiger partial charge in [-0.25, -0.2) is 23.7 Å². The minimum atomic E-state index is -0.761. The maximum absolute atomic E-state index is 13.6. The number of carbonyl (C=O) groups excluding carboxylic acids is 5. The highest BCUT2D eigenvalue weighted by Gasteiger charge is 2.32. The number of benzene rings is 2. The largest absolute Gasteiger partial charge is 0.455 e. The van der Waals surface area contributed by atoms with Gasteiger partial charge in [0.1, 0.15) is 11.2 Å². The van der Waals surface area contributed by atoms with Crippen molar-refractivity contribution in [1.82, 2.24) is 18.7 Å². The fourth-order valence-corrected chi connectivity index (χ4v) is 10.6. The number of hydrogen-bond donors (Lipinski definition) is 3. The number of urea groups is 1. The quantitative estimate of drug-likeness (QED) is 0.118. The highest BCUT2D eigenvalue weighted by molar-refractivity contribution is 7.09. The molecule has 19 heteroatoms. The molecule has 0 aliphatic heterocycles. The summed E-state index contributed by atoms with van der Waals surface area (Å²) in [6.45, 7) is 17.6. The highest BCUT2D eigenvalue weighted by atomic mass is 32.1. The molecular formula is C53H58N6O9S4. The van der Waals surface area contributed by atoms with Crippen LogP contribution in [0.1, 0.15) is 105 Å². The average molecular weight is 1050 g/mol. The van der Waals surface area contributed by atoms with Gasteiger partial charge in [-0.2, -0.15) is 32.3 Å². The zero-order valence-corrected chi connectivity index (χ0v) is 43.1.